The van der Waals surface area contributed by atoms with Gasteiger partial charge in [-0.3, -0.25) is 4.79 Å². The van der Waals surface area contributed by atoms with Gasteiger partial charge in [-0.05, 0) is 30.5 Å². The maximum Gasteiger partial charge on any atom is 0.341 e. The van der Waals surface area contributed by atoms with Crippen molar-refractivity contribution in [2.24, 2.45) is 5.92 Å². The highest BCUT2D eigenvalue weighted by molar-refractivity contribution is 6.16. The Labute approximate surface area is 166 Å². The van der Waals surface area contributed by atoms with E-state index in [1.165, 1.54) is 26.5 Å². The van der Waals surface area contributed by atoms with Crippen LogP contribution in [0, 0.1) is 17.6 Å². The molecule has 0 aromatic heterocycles. The second-order valence-electron chi connectivity index (χ2n) is 6.57. The fraction of sp³-hybridized carbons (Fsp3) is 0.273. The SMILES string of the molecule is COC=C(C(=O)OC)c1ccccc1C(OC(=O)C1CC1)c1c(F)cccc1F. The van der Waals surface area contributed by atoms with Crippen LogP contribution in [0.2, 0.25) is 0 Å². The number of carbonyl (C=O) groups is 2. The highest BCUT2D eigenvalue weighted by Crippen LogP contribution is 2.38. The van der Waals surface area contributed by atoms with Crippen LogP contribution in [0.1, 0.15) is 35.6 Å². The van der Waals surface area contributed by atoms with Gasteiger partial charge in [-0.1, -0.05) is 30.3 Å². The highest BCUT2D eigenvalue weighted by Gasteiger charge is 2.36. The van der Waals surface area contributed by atoms with Crippen LogP contribution in [0.4, 0.5) is 8.78 Å². The molecule has 7 heteroatoms. The summed E-state index contributed by atoms with van der Waals surface area (Å²) in [6.45, 7) is 0. The van der Waals surface area contributed by atoms with Crippen molar-refractivity contribution in [2.45, 2.75) is 18.9 Å². The second kappa shape index (κ2) is 8.86. The van der Waals surface area contributed by atoms with Crippen molar-refractivity contribution < 1.29 is 32.6 Å². The molecule has 5 nitrogen and oxygen atoms in total. The molecular formula is C22H20F2O5. The molecule has 0 amide bonds. The summed E-state index contributed by atoms with van der Waals surface area (Å²) in [7, 11) is 2.56. The molecule has 1 fully saturated rings. The summed E-state index contributed by atoms with van der Waals surface area (Å²) in [5.74, 6) is -3.25. The third-order valence-corrected chi connectivity index (χ3v) is 4.58. The lowest BCUT2D eigenvalue weighted by Crippen LogP contribution is -2.19. The van der Waals surface area contributed by atoms with E-state index in [-0.39, 0.29) is 22.6 Å². The largest absolute Gasteiger partial charge is 0.503 e. The third-order valence-electron chi connectivity index (χ3n) is 4.58. The standard InChI is InChI=1S/C22H20F2O5/c1-27-12-16(22(26)28-2)14-6-3-4-7-15(14)20(29-21(25)13-10-11-13)19-17(23)8-5-9-18(19)24/h3-9,12-13,20H,10-11H2,1-2H3. The molecule has 1 aliphatic rings. The molecule has 1 aliphatic carbocycles. The Balaban J connectivity index is 2.17. The van der Waals surface area contributed by atoms with E-state index in [4.69, 9.17) is 14.2 Å². The Morgan fingerprint density at radius 1 is 1.03 bits per heavy atom. The predicted octanol–water partition coefficient (Wildman–Crippen LogP) is 4.17. The molecule has 2 aromatic rings. The summed E-state index contributed by atoms with van der Waals surface area (Å²) in [4.78, 5) is 24.6. The predicted molar refractivity (Wildman–Crippen MR) is 100 cm³/mol. The van der Waals surface area contributed by atoms with E-state index in [1.54, 1.807) is 24.3 Å². The Hall–Kier alpha value is -3.22. The zero-order chi connectivity index (χ0) is 21.0. The van der Waals surface area contributed by atoms with Gasteiger partial charge < -0.3 is 14.2 Å². The van der Waals surface area contributed by atoms with Gasteiger partial charge in [0, 0.05) is 5.56 Å². The quantitative estimate of drug-likeness (QED) is 0.395. The number of halogens is 2. The Morgan fingerprint density at radius 3 is 2.28 bits per heavy atom. The molecule has 0 spiro atoms. The fourth-order valence-electron chi connectivity index (χ4n) is 2.99. The van der Waals surface area contributed by atoms with Crippen molar-refractivity contribution in [2.75, 3.05) is 14.2 Å². The fourth-order valence-corrected chi connectivity index (χ4v) is 2.99. The minimum atomic E-state index is -1.38. The van der Waals surface area contributed by atoms with Gasteiger partial charge in [-0.2, -0.15) is 0 Å². The zero-order valence-corrected chi connectivity index (χ0v) is 16.0. The van der Waals surface area contributed by atoms with Gasteiger partial charge in [0.05, 0.1) is 32.0 Å². The monoisotopic (exact) mass is 402 g/mol. The average Bonchev–Trinajstić information content (AvgIpc) is 3.56. The van der Waals surface area contributed by atoms with Crippen LogP contribution in [0.5, 0.6) is 0 Å². The first kappa shape index (κ1) is 20.5. The number of hydrogen-bond acceptors (Lipinski definition) is 5. The molecule has 0 aliphatic heterocycles. The average molecular weight is 402 g/mol. The minimum Gasteiger partial charge on any atom is -0.503 e. The number of esters is 2. The highest BCUT2D eigenvalue weighted by atomic mass is 19.1. The number of carbonyl (C=O) groups excluding carboxylic acids is 2. The lowest BCUT2D eigenvalue weighted by Gasteiger charge is -2.23. The van der Waals surface area contributed by atoms with Crippen molar-refractivity contribution in [3.05, 3.63) is 77.1 Å². The van der Waals surface area contributed by atoms with Crippen molar-refractivity contribution in [3.63, 3.8) is 0 Å². The Morgan fingerprint density at radius 2 is 1.69 bits per heavy atom. The van der Waals surface area contributed by atoms with E-state index >= 15 is 0 Å². The first-order chi connectivity index (χ1) is 14.0. The smallest absolute Gasteiger partial charge is 0.341 e. The van der Waals surface area contributed by atoms with Gasteiger partial charge in [0.2, 0.25) is 0 Å². The molecule has 0 N–H and O–H groups in total. The summed E-state index contributed by atoms with van der Waals surface area (Å²) in [6.07, 6.45) is 1.13. The Kier molecular flexibility index (Phi) is 6.26. The van der Waals surface area contributed by atoms with E-state index in [0.29, 0.717) is 12.8 Å². The molecule has 0 heterocycles. The number of rotatable bonds is 7. The molecule has 0 saturated heterocycles. The first-order valence-corrected chi connectivity index (χ1v) is 9.02. The van der Waals surface area contributed by atoms with Crippen LogP contribution < -0.4 is 0 Å². The lowest BCUT2D eigenvalue weighted by atomic mass is 9.92. The summed E-state index contributed by atoms with van der Waals surface area (Å²) >= 11 is 0. The molecule has 0 bridgehead atoms. The first-order valence-electron chi connectivity index (χ1n) is 9.02. The number of ether oxygens (including phenoxy) is 3. The maximum atomic E-state index is 14.6. The topological polar surface area (TPSA) is 61.8 Å². The molecule has 3 rings (SSSR count). The summed E-state index contributed by atoms with van der Waals surface area (Å²) < 4.78 is 44.5. The van der Waals surface area contributed by atoms with E-state index in [0.717, 1.165) is 12.1 Å². The van der Waals surface area contributed by atoms with Crippen LogP contribution in [0.25, 0.3) is 5.57 Å². The zero-order valence-electron chi connectivity index (χ0n) is 16.0. The molecule has 1 unspecified atom stereocenters. The molecule has 1 atom stereocenters. The third kappa shape index (κ3) is 4.45. The van der Waals surface area contributed by atoms with Crippen LogP contribution in [-0.2, 0) is 23.8 Å². The van der Waals surface area contributed by atoms with Crippen LogP contribution in [0.15, 0.2) is 48.7 Å². The van der Waals surface area contributed by atoms with E-state index in [2.05, 4.69) is 0 Å². The van der Waals surface area contributed by atoms with E-state index in [9.17, 15) is 18.4 Å². The van der Waals surface area contributed by atoms with Crippen LogP contribution in [-0.4, -0.2) is 26.2 Å². The molecular weight excluding hydrogens is 382 g/mol. The van der Waals surface area contributed by atoms with E-state index < -0.39 is 35.2 Å². The van der Waals surface area contributed by atoms with Gasteiger partial charge in [0.25, 0.3) is 0 Å². The van der Waals surface area contributed by atoms with Crippen molar-refractivity contribution in [3.8, 4) is 0 Å². The van der Waals surface area contributed by atoms with Crippen molar-refractivity contribution in [1.29, 1.82) is 0 Å². The summed E-state index contributed by atoms with van der Waals surface area (Å²) in [6, 6.07) is 9.77. The molecule has 2 aromatic carbocycles. The van der Waals surface area contributed by atoms with Crippen molar-refractivity contribution in [1.82, 2.24) is 0 Å². The number of hydrogen-bond donors (Lipinski definition) is 0. The minimum absolute atomic E-state index is 0.0230. The molecule has 1 saturated carbocycles. The van der Waals surface area contributed by atoms with E-state index in [1.807, 2.05) is 0 Å². The van der Waals surface area contributed by atoms with Gasteiger partial charge in [0.1, 0.15) is 17.2 Å². The van der Waals surface area contributed by atoms with Crippen LogP contribution >= 0.6 is 0 Å². The molecule has 29 heavy (non-hydrogen) atoms. The number of methoxy groups -OCH3 is 2. The lowest BCUT2D eigenvalue weighted by molar-refractivity contribution is -0.149. The normalized spacial score (nSPS) is 14.8. The summed E-state index contributed by atoms with van der Waals surface area (Å²) in [5, 5.41) is 0. The van der Waals surface area contributed by atoms with Gasteiger partial charge in [-0.15, -0.1) is 0 Å². The van der Waals surface area contributed by atoms with Gasteiger partial charge in [0.15, 0.2) is 6.10 Å². The molecule has 0 radical (unpaired) electrons. The second-order valence-corrected chi connectivity index (χ2v) is 6.57. The van der Waals surface area contributed by atoms with Crippen LogP contribution in [0.3, 0.4) is 0 Å². The molecule has 152 valence electrons. The van der Waals surface area contributed by atoms with Gasteiger partial charge >= 0.3 is 11.9 Å². The number of benzene rings is 2. The van der Waals surface area contributed by atoms with Crippen molar-refractivity contribution >= 4 is 17.5 Å². The maximum absolute atomic E-state index is 14.6. The van der Waals surface area contributed by atoms with Gasteiger partial charge in [-0.25, -0.2) is 13.6 Å². The summed E-state index contributed by atoms with van der Waals surface area (Å²) in [5.41, 5.74) is 0.127. The Bertz CT molecular complexity index is 930.